The quantitative estimate of drug-likeness (QED) is 0.690. The number of furan rings is 1. The van der Waals surface area contributed by atoms with Gasteiger partial charge in [0.2, 0.25) is 0 Å². The summed E-state index contributed by atoms with van der Waals surface area (Å²) in [6, 6.07) is 4.39. The van der Waals surface area contributed by atoms with Crippen molar-refractivity contribution in [2.75, 3.05) is 6.54 Å². The number of nitrogens with zero attached hydrogens (tertiary/aromatic N) is 5. The summed E-state index contributed by atoms with van der Waals surface area (Å²) in [7, 11) is 1.92. The average molecular weight is 359 g/mol. The molecule has 4 heterocycles. The molecule has 0 spiro atoms. The molecule has 1 fully saturated rings. The largest absolute Gasteiger partial charge is 0.453 e. The number of hydrogen-bond donors (Lipinski definition) is 0. The topological polar surface area (TPSA) is 73.1 Å². The molecule has 0 N–H and O–H groups in total. The van der Waals surface area contributed by atoms with Crippen LogP contribution in [0.2, 0.25) is 0 Å². The molecular formula is C17H21N5O2S. The summed E-state index contributed by atoms with van der Waals surface area (Å²) in [6.07, 6.45) is 3.99. The third kappa shape index (κ3) is 3.23. The lowest BCUT2D eigenvalue weighted by molar-refractivity contribution is 0.220. The average Bonchev–Trinajstić information content (AvgIpc) is 3.34. The van der Waals surface area contributed by atoms with Crippen LogP contribution in [0.1, 0.15) is 41.7 Å². The summed E-state index contributed by atoms with van der Waals surface area (Å²) < 4.78 is 13.2. The predicted octanol–water partition coefficient (Wildman–Crippen LogP) is 3.50. The molecule has 0 radical (unpaired) electrons. The predicted molar refractivity (Wildman–Crippen MR) is 92.2 cm³/mol. The van der Waals surface area contributed by atoms with Crippen LogP contribution < -0.4 is 0 Å². The van der Waals surface area contributed by atoms with Gasteiger partial charge in [0.05, 0.1) is 12.2 Å². The van der Waals surface area contributed by atoms with E-state index in [0.717, 1.165) is 47.0 Å². The van der Waals surface area contributed by atoms with Gasteiger partial charge >= 0.3 is 0 Å². The second-order valence-electron chi connectivity index (χ2n) is 6.41. The van der Waals surface area contributed by atoms with Crippen molar-refractivity contribution in [1.82, 2.24) is 24.8 Å². The molecule has 8 heteroatoms. The van der Waals surface area contributed by atoms with E-state index >= 15 is 0 Å². The van der Waals surface area contributed by atoms with Gasteiger partial charge in [0.15, 0.2) is 10.2 Å². The molecule has 0 bridgehead atoms. The molecule has 1 saturated heterocycles. The first-order valence-corrected chi connectivity index (χ1v) is 9.21. The second kappa shape index (κ2) is 6.68. The lowest BCUT2D eigenvalue weighted by Gasteiger charge is -2.23. The molecule has 3 aromatic heterocycles. The molecule has 1 aliphatic rings. The minimum Gasteiger partial charge on any atom is -0.453 e. The highest BCUT2D eigenvalue weighted by atomic mass is 32.2. The third-order valence-corrected chi connectivity index (χ3v) is 5.62. The van der Waals surface area contributed by atoms with Crippen LogP contribution in [0, 0.1) is 13.8 Å². The normalized spacial score (nSPS) is 18.3. The van der Waals surface area contributed by atoms with Crippen molar-refractivity contribution in [3.63, 3.8) is 0 Å². The Hall–Kier alpha value is -2.06. The van der Waals surface area contributed by atoms with Crippen molar-refractivity contribution in [3.05, 3.63) is 41.2 Å². The highest BCUT2D eigenvalue weighted by molar-refractivity contribution is 7.99. The Bertz CT molecular complexity index is 849. The molecule has 7 nitrogen and oxygen atoms in total. The second-order valence-corrected chi connectivity index (χ2v) is 7.39. The van der Waals surface area contributed by atoms with Gasteiger partial charge < -0.3 is 13.5 Å². The molecule has 1 atom stereocenters. The maximum atomic E-state index is 6.00. The minimum atomic E-state index is 0.353. The van der Waals surface area contributed by atoms with Crippen LogP contribution in [0.3, 0.4) is 0 Å². The van der Waals surface area contributed by atoms with Crippen molar-refractivity contribution in [2.45, 2.75) is 49.5 Å². The lowest BCUT2D eigenvalue weighted by atomic mass is 10.0. The van der Waals surface area contributed by atoms with Gasteiger partial charge in [-0.25, -0.2) is 0 Å². The van der Waals surface area contributed by atoms with Crippen LogP contribution >= 0.6 is 11.8 Å². The van der Waals surface area contributed by atoms with E-state index in [4.69, 9.17) is 8.94 Å². The molecule has 3 aromatic rings. The van der Waals surface area contributed by atoms with Crippen LogP contribution in [0.5, 0.6) is 0 Å². The highest BCUT2D eigenvalue weighted by Gasteiger charge is 2.31. The van der Waals surface area contributed by atoms with Gasteiger partial charge in [0, 0.05) is 18.7 Å². The minimum absolute atomic E-state index is 0.353. The SMILES string of the molecule is Cc1noc(C)c1[C@H]1CCCN1Cc1ccc(Sc2nncn2C)o1. The fourth-order valence-electron chi connectivity index (χ4n) is 3.46. The van der Waals surface area contributed by atoms with Gasteiger partial charge in [-0.05, 0) is 57.1 Å². The fraction of sp³-hybridized carbons (Fsp3) is 0.471. The van der Waals surface area contributed by atoms with E-state index in [9.17, 15) is 0 Å². The Kier molecular flexibility index (Phi) is 4.39. The van der Waals surface area contributed by atoms with Crippen LogP contribution in [0.25, 0.3) is 0 Å². The van der Waals surface area contributed by atoms with Gasteiger partial charge in [-0.2, -0.15) is 0 Å². The summed E-state index contributed by atoms with van der Waals surface area (Å²) in [5.41, 5.74) is 2.23. The zero-order chi connectivity index (χ0) is 17.4. The highest BCUT2D eigenvalue weighted by Crippen LogP contribution is 2.37. The van der Waals surface area contributed by atoms with Gasteiger partial charge in [-0.3, -0.25) is 4.90 Å². The lowest BCUT2D eigenvalue weighted by Crippen LogP contribution is -2.23. The van der Waals surface area contributed by atoms with E-state index in [1.807, 2.05) is 37.6 Å². The number of hydrogen-bond acceptors (Lipinski definition) is 7. The Morgan fingerprint density at radius 2 is 2.20 bits per heavy atom. The fourth-order valence-corrected chi connectivity index (χ4v) is 4.21. The zero-order valence-electron chi connectivity index (χ0n) is 14.6. The smallest absolute Gasteiger partial charge is 0.198 e. The Morgan fingerprint density at radius 1 is 1.32 bits per heavy atom. The Morgan fingerprint density at radius 3 is 2.92 bits per heavy atom. The van der Waals surface area contributed by atoms with E-state index < -0.39 is 0 Å². The summed E-state index contributed by atoms with van der Waals surface area (Å²) in [6.45, 7) is 5.86. The Labute approximate surface area is 150 Å². The summed E-state index contributed by atoms with van der Waals surface area (Å²) >= 11 is 1.48. The van der Waals surface area contributed by atoms with Crippen molar-refractivity contribution >= 4 is 11.8 Å². The van der Waals surface area contributed by atoms with Crippen molar-refractivity contribution in [2.24, 2.45) is 7.05 Å². The zero-order valence-corrected chi connectivity index (χ0v) is 15.4. The monoisotopic (exact) mass is 359 g/mol. The maximum Gasteiger partial charge on any atom is 0.198 e. The Balaban J connectivity index is 1.48. The first kappa shape index (κ1) is 16.4. The molecule has 25 heavy (non-hydrogen) atoms. The summed E-state index contributed by atoms with van der Waals surface area (Å²) in [5.74, 6) is 1.88. The van der Waals surface area contributed by atoms with Crippen LogP contribution in [0.4, 0.5) is 0 Å². The number of aryl methyl sites for hydroxylation is 3. The van der Waals surface area contributed by atoms with Crippen molar-refractivity contribution < 1.29 is 8.94 Å². The molecule has 0 amide bonds. The van der Waals surface area contributed by atoms with E-state index in [0.29, 0.717) is 6.04 Å². The van der Waals surface area contributed by atoms with Crippen molar-refractivity contribution in [3.8, 4) is 0 Å². The first-order chi connectivity index (χ1) is 12.1. The number of rotatable bonds is 5. The summed E-state index contributed by atoms with van der Waals surface area (Å²) in [4.78, 5) is 2.45. The molecular weight excluding hydrogens is 338 g/mol. The summed E-state index contributed by atoms with van der Waals surface area (Å²) in [5, 5.41) is 13.7. The molecule has 0 aliphatic carbocycles. The van der Waals surface area contributed by atoms with Gasteiger partial charge in [0.1, 0.15) is 17.8 Å². The van der Waals surface area contributed by atoms with Gasteiger partial charge in [-0.1, -0.05) is 5.16 Å². The van der Waals surface area contributed by atoms with Crippen LogP contribution in [-0.2, 0) is 13.6 Å². The van der Waals surface area contributed by atoms with Gasteiger partial charge in [-0.15, -0.1) is 10.2 Å². The maximum absolute atomic E-state index is 6.00. The van der Waals surface area contributed by atoms with E-state index in [1.165, 1.54) is 23.7 Å². The van der Waals surface area contributed by atoms with Gasteiger partial charge in [0.25, 0.3) is 0 Å². The van der Waals surface area contributed by atoms with Crippen molar-refractivity contribution in [1.29, 1.82) is 0 Å². The van der Waals surface area contributed by atoms with E-state index in [2.05, 4.69) is 20.3 Å². The van der Waals surface area contributed by atoms with E-state index in [1.54, 1.807) is 6.33 Å². The molecule has 132 valence electrons. The standard InChI is InChI=1S/C17H21N5O2S/c1-11-16(12(2)24-20-11)14-5-4-8-22(14)9-13-6-7-15(23-13)25-17-19-18-10-21(17)3/h6-7,10,14H,4-5,8-9H2,1-3H3/t14-/m1/s1. The first-order valence-electron chi connectivity index (χ1n) is 8.39. The molecule has 4 rings (SSSR count). The molecule has 0 unspecified atom stereocenters. The molecule has 0 saturated carbocycles. The number of aromatic nitrogens is 4. The molecule has 1 aliphatic heterocycles. The molecule has 0 aromatic carbocycles. The third-order valence-electron chi connectivity index (χ3n) is 4.64. The number of likely N-dealkylation sites (tertiary alicyclic amines) is 1. The van der Waals surface area contributed by atoms with Crippen LogP contribution in [0.15, 0.2) is 37.6 Å². The van der Waals surface area contributed by atoms with Crippen LogP contribution in [-0.4, -0.2) is 31.4 Å². The van der Waals surface area contributed by atoms with E-state index in [-0.39, 0.29) is 0 Å².